The van der Waals surface area contributed by atoms with Gasteiger partial charge < -0.3 is 20.7 Å². The van der Waals surface area contributed by atoms with Crippen molar-refractivity contribution in [3.63, 3.8) is 0 Å². The number of nitrogens with zero attached hydrogens (tertiary/aromatic N) is 5. The fraction of sp³-hybridized carbons (Fsp3) is 0.278. The van der Waals surface area contributed by atoms with Gasteiger partial charge in [-0.1, -0.05) is 6.07 Å². The molecule has 0 unspecified atom stereocenters. The zero-order valence-corrected chi connectivity index (χ0v) is 14.6. The molecular weight excluding hydrogens is 330 g/mol. The van der Waals surface area contributed by atoms with Crippen molar-refractivity contribution in [1.29, 1.82) is 0 Å². The summed E-state index contributed by atoms with van der Waals surface area (Å²) < 4.78 is 6.91. The first-order valence-electron chi connectivity index (χ1n) is 8.54. The zero-order valence-electron chi connectivity index (χ0n) is 14.6. The topological polar surface area (TPSA) is 94.1 Å². The average molecular weight is 351 g/mol. The summed E-state index contributed by atoms with van der Waals surface area (Å²) in [7, 11) is 0. The van der Waals surface area contributed by atoms with Gasteiger partial charge in [0.25, 0.3) is 0 Å². The maximum absolute atomic E-state index is 5.98. The molecule has 0 atom stereocenters. The summed E-state index contributed by atoms with van der Waals surface area (Å²) >= 11 is 0. The van der Waals surface area contributed by atoms with Crippen molar-refractivity contribution in [2.45, 2.75) is 6.92 Å². The van der Waals surface area contributed by atoms with Gasteiger partial charge in [-0.2, -0.15) is 9.67 Å². The number of nitrogens with one attached hydrogen (secondary N) is 1. The van der Waals surface area contributed by atoms with Crippen molar-refractivity contribution < 1.29 is 4.74 Å². The van der Waals surface area contributed by atoms with Gasteiger partial charge in [0.15, 0.2) is 5.82 Å². The minimum absolute atomic E-state index is 0.286. The van der Waals surface area contributed by atoms with Crippen LogP contribution in [0.5, 0.6) is 0 Å². The molecule has 0 spiro atoms. The number of pyridine rings is 1. The first-order valence-corrected chi connectivity index (χ1v) is 8.54. The lowest BCUT2D eigenvalue weighted by atomic mass is 10.2. The van der Waals surface area contributed by atoms with E-state index in [2.05, 4.69) is 37.4 Å². The third-order valence-electron chi connectivity index (χ3n) is 4.24. The number of hydrogen-bond donors (Lipinski definition) is 2. The van der Waals surface area contributed by atoms with Gasteiger partial charge in [0, 0.05) is 30.7 Å². The van der Waals surface area contributed by atoms with Gasteiger partial charge in [-0.25, -0.2) is 4.98 Å². The summed E-state index contributed by atoms with van der Waals surface area (Å²) in [4.78, 5) is 10.9. The highest BCUT2D eigenvalue weighted by atomic mass is 16.5. The summed E-state index contributed by atoms with van der Waals surface area (Å²) in [6, 6.07) is 12.0. The Hall–Kier alpha value is -3.13. The third-order valence-corrected chi connectivity index (χ3v) is 4.24. The van der Waals surface area contributed by atoms with Gasteiger partial charge >= 0.3 is 0 Å². The standard InChI is InChI=1S/C18H21N7O/c1-13-2-7-16(20-12-13)25-17(19)22-18(23-25)21-14-3-5-15(6-4-14)24-8-10-26-11-9-24/h2-7,12H,8-11H2,1H3,(H3,19,21,22,23). The molecule has 0 saturated carbocycles. The molecular formula is C18H21N7O. The van der Waals surface area contributed by atoms with Crippen molar-refractivity contribution >= 4 is 23.3 Å². The van der Waals surface area contributed by atoms with E-state index in [0.717, 1.165) is 37.6 Å². The maximum Gasteiger partial charge on any atom is 0.248 e. The molecule has 3 N–H and O–H groups in total. The van der Waals surface area contributed by atoms with E-state index in [1.165, 1.54) is 10.4 Å². The van der Waals surface area contributed by atoms with Crippen LogP contribution in [0.2, 0.25) is 0 Å². The van der Waals surface area contributed by atoms with Crippen molar-refractivity contribution in [1.82, 2.24) is 19.7 Å². The van der Waals surface area contributed by atoms with Crippen LogP contribution in [0.25, 0.3) is 5.82 Å². The van der Waals surface area contributed by atoms with Crippen LogP contribution in [0, 0.1) is 6.92 Å². The number of aromatic nitrogens is 4. The molecule has 8 nitrogen and oxygen atoms in total. The van der Waals surface area contributed by atoms with Crippen LogP contribution >= 0.6 is 0 Å². The van der Waals surface area contributed by atoms with E-state index in [1.54, 1.807) is 6.20 Å². The van der Waals surface area contributed by atoms with E-state index in [-0.39, 0.29) is 5.95 Å². The predicted octanol–water partition coefficient (Wildman–Crippen LogP) is 2.13. The molecule has 1 fully saturated rings. The molecule has 134 valence electrons. The number of nitrogens with two attached hydrogens (primary N) is 1. The fourth-order valence-electron chi connectivity index (χ4n) is 2.84. The molecule has 4 rings (SSSR count). The molecule has 3 heterocycles. The Bertz CT molecular complexity index is 868. The van der Waals surface area contributed by atoms with E-state index in [9.17, 15) is 0 Å². The lowest BCUT2D eigenvalue weighted by Crippen LogP contribution is -2.36. The summed E-state index contributed by atoms with van der Waals surface area (Å²) in [5.41, 5.74) is 9.13. The highest BCUT2D eigenvalue weighted by Crippen LogP contribution is 2.21. The molecule has 0 radical (unpaired) electrons. The van der Waals surface area contributed by atoms with Gasteiger partial charge in [0.2, 0.25) is 11.9 Å². The third kappa shape index (κ3) is 3.45. The molecule has 2 aromatic heterocycles. The minimum atomic E-state index is 0.286. The summed E-state index contributed by atoms with van der Waals surface area (Å²) in [5, 5.41) is 7.58. The molecule has 26 heavy (non-hydrogen) atoms. The molecule has 0 aliphatic carbocycles. The molecule has 0 amide bonds. The quantitative estimate of drug-likeness (QED) is 0.743. The highest BCUT2D eigenvalue weighted by Gasteiger charge is 2.12. The Kier molecular flexibility index (Phi) is 4.40. The number of morpholine rings is 1. The van der Waals surface area contributed by atoms with E-state index in [1.807, 2.05) is 31.2 Å². The second-order valence-corrected chi connectivity index (χ2v) is 6.17. The highest BCUT2D eigenvalue weighted by molar-refractivity contribution is 5.60. The Morgan fingerprint density at radius 1 is 1.08 bits per heavy atom. The van der Waals surface area contributed by atoms with Crippen LogP contribution < -0.4 is 16.0 Å². The van der Waals surface area contributed by atoms with Crippen LogP contribution in [0.4, 0.5) is 23.3 Å². The van der Waals surface area contributed by atoms with Gasteiger partial charge in [-0.15, -0.1) is 5.10 Å². The molecule has 8 heteroatoms. The number of benzene rings is 1. The first kappa shape index (κ1) is 16.3. The molecule has 1 aliphatic heterocycles. The van der Waals surface area contributed by atoms with Gasteiger partial charge in [0.05, 0.1) is 13.2 Å². The predicted molar refractivity (Wildman–Crippen MR) is 101 cm³/mol. The smallest absolute Gasteiger partial charge is 0.248 e. The first-order chi connectivity index (χ1) is 12.7. The minimum Gasteiger partial charge on any atom is -0.378 e. The lowest BCUT2D eigenvalue weighted by Gasteiger charge is -2.28. The SMILES string of the molecule is Cc1ccc(-n2nc(Nc3ccc(N4CCOCC4)cc3)nc2N)nc1. The van der Waals surface area contributed by atoms with Crippen LogP contribution in [-0.2, 0) is 4.74 Å². The number of hydrogen-bond acceptors (Lipinski definition) is 7. The van der Waals surface area contributed by atoms with Crippen molar-refractivity contribution in [3.05, 3.63) is 48.2 Å². The fourth-order valence-corrected chi connectivity index (χ4v) is 2.84. The van der Waals surface area contributed by atoms with E-state index >= 15 is 0 Å². The zero-order chi connectivity index (χ0) is 17.9. The Morgan fingerprint density at radius 2 is 1.85 bits per heavy atom. The Morgan fingerprint density at radius 3 is 2.54 bits per heavy atom. The lowest BCUT2D eigenvalue weighted by molar-refractivity contribution is 0.122. The molecule has 1 aliphatic rings. The van der Waals surface area contributed by atoms with Crippen molar-refractivity contribution in [2.24, 2.45) is 0 Å². The Labute approximate surface area is 151 Å². The summed E-state index contributed by atoms with van der Waals surface area (Å²) in [6.07, 6.45) is 1.77. The second-order valence-electron chi connectivity index (χ2n) is 6.17. The molecule has 1 aromatic carbocycles. The maximum atomic E-state index is 5.98. The molecule has 1 saturated heterocycles. The largest absolute Gasteiger partial charge is 0.378 e. The van der Waals surface area contributed by atoms with Crippen molar-refractivity contribution in [3.8, 4) is 5.82 Å². The number of ether oxygens (including phenoxy) is 1. The molecule has 3 aromatic rings. The van der Waals surface area contributed by atoms with Crippen LogP contribution in [0.1, 0.15) is 5.56 Å². The average Bonchev–Trinajstić information content (AvgIpc) is 3.04. The van der Waals surface area contributed by atoms with E-state index in [0.29, 0.717) is 11.8 Å². The normalized spacial score (nSPS) is 14.4. The van der Waals surface area contributed by atoms with Crippen LogP contribution in [-0.4, -0.2) is 46.1 Å². The number of nitrogen functional groups attached to an aromatic ring is 1. The monoisotopic (exact) mass is 351 g/mol. The van der Waals surface area contributed by atoms with E-state index in [4.69, 9.17) is 10.5 Å². The molecule has 0 bridgehead atoms. The van der Waals surface area contributed by atoms with E-state index < -0.39 is 0 Å². The number of anilines is 4. The van der Waals surface area contributed by atoms with Crippen LogP contribution in [0.3, 0.4) is 0 Å². The van der Waals surface area contributed by atoms with Crippen LogP contribution in [0.15, 0.2) is 42.6 Å². The van der Waals surface area contributed by atoms with Gasteiger partial charge in [-0.3, -0.25) is 0 Å². The summed E-state index contributed by atoms with van der Waals surface area (Å²) in [5.74, 6) is 1.36. The van der Waals surface area contributed by atoms with Crippen molar-refractivity contribution in [2.75, 3.05) is 42.3 Å². The number of aryl methyl sites for hydroxylation is 1. The van der Waals surface area contributed by atoms with Gasteiger partial charge in [-0.05, 0) is 42.8 Å². The number of rotatable bonds is 4. The summed E-state index contributed by atoms with van der Waals surface area (Å²) in [6.45, 7) is 5.36. The Balaban J connectivity index is 1.49. The second kappa shape index (κ2) is 7.01. The van der Waals surface area contributed by atoms with Gasteiger partial charge in [0.1, 0.15) is 0 Å².